The van der Waals surface area contributed by atoms with Crippen LogP contribution < -0.4 is 21.6 Å². The van der Waals surface area contributed by atoms with E-state index >= 15 is 0 Å². The largest absolute Gasteiger partial charge is 0.353 e. The van der Waals surface area contributed by atoms with E-state index < -0.39 is 12.2 Å². The maximum Gasteiger partial charge on any atom is 0.226 e. The highest BCUT2D eigenvalue weighted by Crippen LogP contribution is 2.39. The average molecular weight is 416 g/mol. The van der Waals surface area contributed by atoms with Crippen molar-refractivity contribution in [2.45, 2.75) is 75.7 Å². The Labute approximate surface area is 176 Å². The zero-order chi connectivity index (χ0) is 20.7. The van der Waals surface area contributed by atoms with Crippen LogP contribution in [-0.2, 0) is 9.59 Å². The molecule has 30 heavy (non-hydrogen) atoms. The minimum atomic E-state index is -0.396. The molecule has 8 heteroatoms. The lowest BCUT2D eigenvalue weighted by atomic mass is 9.75. The van der Waals surface area contributed by atoms with Gasteiger partial charge in [0.25, 0.3) is 0 Å². The van der Waals surface area contributed by atoms with Crippen molar-refractivity contribution in [2.24, 2.45) is 11.8 Å². The minimum absolute atomic E-state index is 0.000715. The number of nitrogens with one attached hydrogen (secondary N) is 4. The Balaban J connectivity index is 1.30. The molecule has 2 saturated heterocycles. The molecular formula is C22H30FN5O2. The molecule has 2 heterocycles. The molecule has 0 spiro atoms. The van der Waals surface area contributed by atoms with E-state index in [0.29, 0.717) is 24.4 Å². The van der Waals surface area contributed by atoms with Crippen molar-refractivity contribution >= 4 is 11.8 Å². The second-order valence-electron chi connectivity index (χ2n) is 9.14. The summed E-state index contributed by atoms with van der Waals surface area (Å²) in [5.74, 6) is -0.425. The van der Waals surface area contributed by atoms with Gasteiger partial charge in [-0.25, -0.2) is 14.8 Å². The second-order valence-corrected chi connectivity index (χ2v) is 9.14. The number of halogens is 1. The lowest BCUT2D eigenvalue weighted by molar-refractivity contribution is -0.144. The molecule has 0 bridgehead atoms. The smallest absolute Gasteiger partial charge is 0.226 e. The van der Waals surface area contributed by atoms with Crippen molar-refractivity contribution in [1.82, 2.24) is 26.6 Å². The van der Waals surface area contributed by atoms with Gasteiger partial charge in [-0.15, -0.1) is 0 Å². The normalized spacial score (nSPS) is 34.7. The molecule has 0 radical (unpaired) electrons. The first-order valence-electron chi connectivity index (χ1n) is 11.3. The summed E-state index contributed by atoms with van der Waals surface area (Å²) < 4.78 is 14.4. The molecule has 5 atom stereocenters. The maximum absolute atomic E-state index is 14.4. The quantitative estimate of drug-likeness (QED) is 0.606. The van der Waals surface area contributed by atoms with Gasteiger partial charge in [0, 0.05) is 23.6 Å². The van der Waals surface area contributed by atoms with Crippen LogP contribution in [-0.4, -0.2) is 35.1 Å². The molecule has 4 N–H and O–H groups in total. The van der Waals surface area contributed by atoms with Gasteiger partial charge in [-0.1, -0.05) is 37.5 Å². The zero-order valence-corrected chi connectivity index (χ0v) is 17.1. The van der Waals surface area contributed by atoms with Crippen molar-refractivity contribution in [3.63, 3.8) is 0 Å². The summed E-state index contributed by atoms with van der Waals surface area (Å²) in [5, 5.41) is 8.30. The fourth-order valence-corrected chi connectivity index (χ4v) is 5.69. The van der Waals surface area contributed by atoms with Crippen molar-refractivity contribution < 1.29 is 14.0 Å². The lowest BCUT2D eigenvalue weighted by Gasteiger charge is -2.46. The molecule has 5 unspecified atom stereocenters. The highest BCUT2D eigenvalue weighted by Gasteiger charge is 2.51. The van der Waals surface area contributed by atoms with Gasteiger partial charge in [0.05, 0.1) is 12.0 Å². The molecule has 7 nitrogen and oxygen atoms in total. The van der Waals surface area contributed by atoms with Crippen LogP contribution in [0.3, 0.4) is 0 Å². The van der Waals surface area contributed by atoms with Crippen LogP contribution in [0.15, 0.2) is 24.3 Å². The van der Waals surface area contributed by atoms with E-state index in [1.165, 1.54) is 25.3 Å². The first kappa shape index (κ1) is 19.9. The number of benzene rings is 1. The highest BCUT2D eigenvalue weighted by molar-refractivity contribution is 5.83. The number of hydrogen-bond donors (Lipinski definition) is 4. The Kier molecular flexibility index (Phi) is 5.47. The van der Waals surface area contributed by atoms with Crippen LogP contribution in [0.25, 0.3) is 0 Å². The van der Waals surface area contributed by atoms with E-state index in [-0.39, 0.29) is 35.5 Å². The number of carbonyl (C=O) groups excluding carboxylic acids is 2. The summed E-state index contributed by atoms with van der Waals surface area (Å²) in [6.07, 6.45) is 7.42. The third kappa shape index (κ3) is 3.61. The fourth-order valence-electron chi connectivity index (χ4n) is 5.69. The van der Waals surface area contributed by atoms with E-state index in [1.54, 1.807) is 18.2 Å². The Bertz CT molecular complexity index is 814. The van der Waals surface area contributed by atoms with Crippen LogP contribution in [0, 0.1) is 17.7 Å². The van der Waals surface area contributed by atoms with Gasteiger partial charge in [0.15, 0.2) is 0 Å². The SMILES string of the molecule is O=C(NC1CCCCC1)C1CCC2C(=O)NC3C(c4ccccc4F)NNN3C2C1. The van der Waals surface area contributed by atoms with Crippen molar-refractivity contribution in [3.8, 4) is 0 Å². The van der Waals surface area contributed by atoms with Crippen LogP contribution in [0.1, 0.15) is 63.0 Å². The van der Waals surface area contributed by atoms with Gasteiger partial charge in [0.1, 0.15) is 12.0 Å². The number of hydrogen-bond acceptors (Lipinski definition) is 5. The summed E-state index contributed by atoms with van der Waals surface area (Å²) in [5.41, 5.74) is 6.82. The molecule has 5 rings (SSSR count). The van der Waals surface area contributed by atoms with Crippen LogP contribution >= 0.6 is 0 Å². The van der Waals surface area contributed by atoms with Crippen LogP contribution in [0.5, 0.6) is 0 Å². The predicted octanol–water partition coefficient (Wildman–Crippen LogP) is 1.88. The molecule has 0 aromatic heterocycles. The summed E-state index contributed by atoms with van der Waals surface area (Å²) in [7, 11) is 0. The average Bonchev–Trinajstić information content (AvgIpc) is 3.18. The summed E-state index contributed by atoms with van der Waals surface area (Å²) >= 11 is 0. The van der Waals surface area contributed by atoms with Crippen molar-refractivity contribution in [2.75, 3.05) is 0 Å². The first-order chi connectivity index (χ1) is 14.6. The molecule has 2 aliphatic carbocycles. The molecule has 4 aliphatic rings. The third-order valence-electron chi connectivity index (χ3n) is 7.33. The Hall–Kier alpha value is -2.03. The fraction of sp³-hybridized carbons (Fsp3) is 0.636. The van der Waals surface area contributed by atoms with Crippen LogP contribution in [0.2, 0.25) is 0 Å². The van der Waals surface area contributed by atoms with Gasteiger partial charge in [0.2, 0.25) is 11.8 Å². The predicted molar refractivity (Wildman–Crippen MR) is 109 cm³/mol. The van der Waals surface area contributed by atoms with E-state index in [0.717, 1.165) is 19.3 Å². The van der Waals surface area contributed by atoms with Gasteiger partial charge < -0.3 is 10.6 Å². The minimum Gasteiger partial charge on any atom is -0.353 e. The molecular weight excluding hydrogens is 385 g/mol. The van der Waals surface area contributed by atoms with Crippen LogP contribution in [0.4, 0.5) is 4.39 Å². The van der Waals surface area contributed by atoms with E-state index in [9.17, 15) is 14.0 Å². The number of fused-ring (bicyclic) bond motifs is 3. The molecule has 1 aromatic rings. The van der Waals surface area contributed by atoms with Crippen molar-refractivity contribution in [3.05, 3.63) is 35.6 Å². The Morgan fingerprint density at radius 3 is 2.70 bits per heavy atom. The number of amides is 2. The Morgan fingerprint density at radius 2 is 1.90 bits per heavy atom. The van der Waals surface area contributed by atoms with Gasteiger partial charge >= 0.3 is 0 Å². The third-order valence-corrected chi connectivity index (χ3v) is 7.33. The van der Waals surface area contributed by atoms with E-state index in [1.807, 2.05) is 5.01 Å². The lowest BCUT2D eigenvalue weighted by Crippen LogP contribution is -2.66. The summed E-state index contributed by atoms with van der Waals surface area (Å²) in [6, 6.07) is 6.42. The van der Waals surface area contributed by atoms with Gasteiger partial charge in [-0.3, -0.25) is 9.59 Å². The number of carbonyl (C=O) groups is 2. The molecule has 4 fully saturated rings. The number of hydrazine groups is 2. The molecule has 162 valence electrons. The molecule has 2 saturated carbocycles. The monoisotopic (exact) mass is 415 g/mol. The summed E-state index contributed by atoms with van der Waals surface area (Å²) in [4.78, 5) is 25.8. The van der Waals surface area contributed by atoms with E-state index in [4.69, 9.17) is 0 Å². The topological polar surface area (TPSA) is 85.5 Å². The molecule has 2 aliphatic heterocycles. The van der Waals surface area contributed by atoms with Gasteiger partial charge in [-0.2, -0.15) is 5.53 Å². The number of rotatable bonds is 3. The standard InChI is InChI=1S/C22H30FN5O2/c23-17-9-5-4-8-15(17)19-20-25-22(30)16-11-10-13(12-18(16)28(20)27-26-19)21(29)24-14-6-2-1-3-7-14/h4-5,8-9,13-14,16,18-20,26-27H,1-3,6-7,10-12H2,(H,24,29)(H,25,30). The van der Waals surface area contributed by atoms with E-state index in [2.05, 4.69) is 21.6 Å². The zero-order valence-electron chi connectivity index (χ0n) is 17.1. The molecule has 1 aromatic carbocycles. The number of nitrogens with zero attached hydrogens (tertiary/aromatic N) is 1. The maximum atomic E-state index is 14.4. The van der Waals surface area contributed by atoms with Crippen molar-refractivity contribution in [1.29, 1.82) is 0 Å². The summed E-state index contributed by atoms with van der Waals surface area (Å²) in [6.45, 7) is 0. The Morgan fingerprint density at radius 1 is 1.10 bits per heavy atom. The molecule has 2 amide bonds. The first-order valence-corrected chi connectivity index (χ1v) is 11.3. The van der Waals surface area contributed by atoms with Gasteiger partial charge in [-0.05, 0) is 38.2 Å². The second kappa shape index (κ2) is 8.24. The highest BCUT2D eigenvalue weighted by atomic mass is 19.1.